The molecule has 0 aliphatic heterocycles. The van der Waals surface area contributed by atoms with Gasteiger partial charge in [0.2, 0.25) is 0 Å². The minimum atomic E-state index is -0.0859. The van der Waals surface area contributed by atoms with Crippen molar-refractivity contribution in [3.05, 3.63) is 26.3 Å². The zero-order valence-corrected chi connectivity index (χ0v) is 11.8. The molecule has 0 rings (SSSR count). The third-order valence-electron chi connectivity index (χ3n) is 1.77. The molecule has 0 saturated carbocycles. The van der Waals surface area contributed by atoms with E-state index in [-0.39, 0.29) is 18.8 Å². The molecule has 0 aromatic carbocycles. The van der Waals surface area contributed by atoms with E-state index < -0.39 is 0 Å². The second-order valence-corrected chi connectivity index (χ2v) is 3.36. The maximum Gasteiger partial charge on any atom is 0.0780 e. The summed E-state index contributed by atoms with van der Waals surface area (Å²) in [5.41, 5.74) is 0. The van der Waals surface area contributed by atoms with Crippen LogP contribution < -0.4 is 0 Å². The van der Waals surface area contributed by atoms with Gasteiger partial charge in [0.25, 0.3) is 0 Å². The fourth-order valence-corrected chi connectivity index (χ4v) is 0.829. The van der Waals surface area contributed by atoms with Crippen LogP contribution in [-0.2, 0) is 9.47 Å². The van der Waals surface area contributed by atoms with Crippen LogP contribution in [0.2, 0.25) is 0 Å². The first-order chi connectivity index (χ1) is 8.20. The van der Waals surface area contributed by atoms with Gasteiger partial charge in [-0.05, 0) is 20.3 Å². The highest BCUT2D eigenvalue weighted by Crippen LogP contribution is 1.98. The Balaban J connectivity index is -0.000000439. The van der Waals surface area contributed by atoms with Crippen molar-refractivity contribution in [2.45, 2.75) is 45.8 Å². The number of hydrogen-bond acceptors (Lipinski definition) is 3. The fraction of sp³-hybridized carbons (Fsp3) is 0.714. The molecule has 1 N–H and O–H groups in total. The van der Waals surface area contributed by atoms with Gasteiger partial charge in [-0.2, -0.15) is 0 Å². The topological polar surface area (TPSA) is 38.7 Å². The molecule has 0 aromatic rings. The Hall–Kier alpha value is -0.640. The van der Waals surface area contributed by atoms with E-state index in [1.54, 1.807) is 0 Å². The summed E-state index contributed by atoms with van der Waals surface area (Å²) < 4.78 is 10.8. The SMILES string of the molecule is C=C.C=C.CCCCOC(C)COC(C)CO. The second-order valence-electron chi connectivity index (χ2n) is 3.36. The first-order valence-corrected chi connectivity index (χ1v) is 6.04. The summed E-state index contributed by atoms with van der Waals surface area (Å²) in [7, 11) is 0. The van der Waals surface area contributed by atoms with E-state index in [9.17, 15) is 0 Å². The van der Waals surface area contributed by atoms with E-state index in [0.717, 1.165) is 19.4 Å². The number of ether oxygens (including phenoxy) is 2. The Bertz CT molecular complexity index is 127. The van der Waals surface area contributed by atoms with Crippen LogP contribution in [0.3, 0.4) is 0 Å². The number of aliphatic hydroxyl groups excluding tert-OH is 1. The van der Waals surface area contributed by atoms with Crippen LogP contribution in [0.25, 0.3) is 0 Å². The third kappa shape index (κ3) is 21.2. The van der Waals surface area contributed by atoms with Gasteiger partial charge in [0.05, 0.1) is 25.4 Å². The van der Waals surface area contributed by atoms with Gasteiger partial charge in [-0.25, -0.2) is 0 Å². The maximum atomic E-state index is 8.70. The highest BCUT2D eigenvalue weighted by molar-refractivity contribution is 4.51. The molecule has 17 heavy (non-hydrogen) atoms. The van der Waals surface area contributed by atoms with Gasteiger partial charge in [0.15, 0.2) is 0 Å². The predicted octanol–water partition coefficient (Wildman–Crippen LogP) is 3.19. The lowest BCUT2D eigenvalue weighted by Crippen LogP contribution is -2.22. The highest BCUT2D eigenvalue weighted by atomic mass is 16.5. The molecule has 0 heterocycles. The molecule has 0 amide bonds. The summed E-state index contributed by atoms with van der Waals surface area (Å²) in [5, 5.41) is 8.70. The largest absolute Gasteiger partial charge is 0.394 e. The predicted molar refractivity (Wildman–Crippen MR) is 75.3 cm³/mol. The molecule has 0 aliphatic carbocycles. The van der Waals surface area contributed by atoms with E-state index in [1.165, 1.54) is 0 Å². The molecule has 104 valence electrons. The molecule has 0 saturated heterocycles. The van der Waals surface area contributed by atoms with Gasteiger partial charge in [0, 0.05) is 6.61 Å². The quantitative estimate of drug-likeness (QED) is 0.528. The number of hydrogen-bond donors (Lipinski definition) is 1. The smallest absolute Gasteiger partial charge is 0.0780 e. The third-order valence-corrected chi connectivity index (χ3v) is 1.77. The van der Waals surface area contributed by atoms with E-state index in [0.29, 0.717) is 6.61 Å². The Morgan fingerprint density at radius 3 is 1.94 bits per heavy atom. The Labute approximate surface area is 107 Å². The summed E-state index contributed by atoms with van der Waals surface area (Å²) in [6.45, 7) is 19.4. The molecule has 0 radical (unpaired) electrons. The Morgan fingerprint density at radius 1 is 1.00 bits per heavy atom. The van der Waals surface area contributed by atoms with Crippen LogP contribution in [-0.4, -0.2) is 37.1 Å². The zero-order chi connectivity index (χ0) is 14.1. The van der Waals surface area contributed by atoms with Crippen molar-refractivity contribution in [3.8, 4) is 0 Å². The number of aliphatic hydroxyl groups is 1. The van der Waals surface area contributed by atoms with Crippen molar-refractivity contribution in [1.82, 2.24) is 0 Å². The van der Waals surface area contributed by atoms with Gasteiger partial charge < -0.3 is 14.6 Å². The fourth-order valence-electron chi connectivity index (χ4n) is 0.829. The van der Waals surface area contributed by atoms with Gasteiger partial charge >= 0.3 is 0 Å². The molecule has 0 bridgehead atoms. The summed E-state index contributed by atoms with van der Waals surface area (Å²) in [6.07, 6.45) is 2.29. The zero-order valence-electron chi connectivity index (χ0n) is 11.8. The molecule has 0 spiro atoms. The summed E-state index contributed by atoms with van der Waals surface area (Å²) in [5.74, 6) is 0. The lowest BCUT2D eigenvalue weighted by Gasteiger charge is -2.15. The number of unbranched alkanes of at least 4 members (excludes halogenated alkanes) is 1. The summed E-state index contributed by atoms with van der Waals surface area (Å²) in [6, 6.07) is 0. The Morgan fingerprint density at radius 2 is 1.53 bits per heavy atom. The number of rotatable bonds is 8. The average molecular weight is 246 g/mol. The van der Waals surface area contributed by atoms with E-state index in [1.807, 2.05) is 13.8 Å². The first-order valence-electron chi connectivity index (χ1n) is 6.04. The van der Waals surface area contributed by atoms with Gasteiger partial charge in [-0.15, -0.1) is 26.3 Å². The Kier molecular flexibility index (Phi) is 26.4. The lowest BCUT2D eigenvalue weighted by atomic mass is 10.3. The molecular weight excluding hydrogens is 216 g/mol. The van der Waals surface area contributed by atoms with E-state index in [4.69, 9.17) is 14.6 Å². The monoisotopic (exact) mass is 246 g/mol. The van der Waals surface area contributed by atoms with Crippen LogP contribution in [0.1, 0.15) is 33.6 Å². The molecular formula is C14H30O3. The summed E-state index contributed by atoms with van der Waals surface area (Å²) >= 11 is 0. The van der Waals surface area contributed by atoms with Crippen molar-refractivity contribution in [2.24, 2.45) is 0 Å². The van der Waals surface area contributed by atoms with Crippen molar-refractivity contribution >= 4 is 0 Å². The van der Waals surface area contributed by atoms with Crippen molar-refractivity contribution < 1.29 is 14.6 Å². The highest BCUT2D eigenvalue weighted by Gasteiger charge is 2.05. The van der Waals surface area contributed by atoms with Crippen LogP contribution in [0.15, 0.2) is 26.3 Å². The molecule has 2 unspecified atom stereocenters. The summed E-state index contributed by atoms with van der Waals surface area (Å²) in [4.78, 5) is 0. The van der Waals surface area contributed by atoms with E-state index >= 15 is 0 Å². The van der Waals surface area contributed by atoms with Gasteiger partial charge in [-0.3, -0.25) is 0 Å². The first kappa shape index (κ1) is 21.6. The molecule has 3 heteroatoms. The molecule has 2 atom stereocenters. The molecule has 0 aromatic heterocycles. The molecule has 3 nitrogen and oxygen atoms in total. The van der Waals surface area contributed by atoms with Crippen LogP contribution >= 0.6 is 0 Å². The average Bonchev–Trinajstić information content (AvgIpc) is 2.41. The molecule has 0 fully saturated rings. The normalized spacial score (nSPS) is 12.5. The van der Waals surface area contributed by atoms with Crippen LogP contribution in [0.5, 0.6) is 0 Å². The molecule has 0 aliphatic rings. The minimum Gasteiger partial charge on any atom is -0.394 e. The van der Waals surface area contributed by atoms with Gasteiger partial charge in [-0.1, -0.05) is 13.3 Å². The maximum absolute atomic E-state index is 8.70. The second kappa shape index (κ2) is 20.7. The van der Waals surface area contributed by atoms with Crippen molar-refractivity contribution in [2.75, 3.05) is 19.8 Å². The van der Waals surface area contributed by atoms with Crippen LogP contribution in [0, 0.1) is 0 Å². The minimum absolute atomic E-state index is 0.0711. The van der Waals surface area contributed by atoms with Crippen molar-refractivity contribution in [3.63, 3.8) is 0 Å². The lowest BCUT2D eigenvalue weighted by molar-refractivity contribution is -0.0457. The van der Waals surface area contributed by atoms with Gasteiger partial charge in [0.1, 0.15) is 0 Å². The van der Waals surface area contributed by atoms with E-state index in [2.05, 4.69) is 33.2 Å². The van der Waals surface area contributed by atoms with Crippen molar-refractivity contribution in [1.29, 1.82) is 0 Å². The van der Waals surface area contributed by atoms with Crippen LogP contribution in [0.4, 0.5) is 0 Å². The standard InChI is InChI=1S/C10H22O3.2C2H4/c1-4-5-6-12-10(3)8-13-9(2)7-11;2*1-2/h9-11H,4-8H2,1-3H3;2*1-2H2.